The minimum absolute atomic E-state index is 0.408. The summed E-state index contributed by atoms with van der Waals surface area (Å²) >= 11 is 0. The molecule has 0 aliphatic heterocycles. The normalized spacial score (nSPS) is 14.0. The van der Waals surface area contributed by atoms with Gasteiger partial charge in [0.1, 0.15) is 12.2 Å². The van der Waals surface area contributed by atoms with Gasteiger partial charge in [0, 0.05) is 24.3 Å². The Morgan fingerprint density at radius 1 is 0.952 bits per heavy atom. The predicted molar refractivity (Wildman–Crippen MR) is 82.9 cm³/mol. The summed E-state index contributed by atoms with van der Waals surface area (Å²) in [7, 11) is 1.61. The maximum Gasteiger partial charge on any atom is 0.112 e. The molecule has 21 heavy (non-hydrogen) atoms. The highest BCUT2D eigenvalue weighted by molar-refractivity contribution is 5.78. The number of pyridine rings is 1. The van der Waals surface area contributed by atoms with Crippen molar-refractivity contribution in [2.24, 2.45) is 0 Å². The first-order valence-corrected chi connectivity index (χ1v) is 6.90. The van der Waals surface area contributed by atoms with E-state index in [0.29, 0.717) is 0 Å². The van der Waals surface area contributed by atoms with E-state index in [2.05, 4.69) is 4.98 Å². The lowest BCUT2D eigenvalue weighted by Gasteiger charge is -2.22. The van der Waals surface area contributed by atoms with E-state index < -0.39 is 12.2 Å². The molecule has 2 unspecified atom stereocenters. The van der Waals surface area contributed by atoms with Gasteiger partial charge in [0.25, 0.3) is 0 Å². The number of para-hydroxylation sites is 1. The van der Waals surface area contributed by atoms with Crippen LogP contribution in [0.2, 0.25) is 0 Å². The van der Waals surface area contributed by atoms with Gasteiger partial charge in [-0.15, -0.1) is 0 Å². The van der Waals surface area contributed by atoms with Gasteiger partial charge in [-0.05, 0) is 17.7 Å². The number of fused-ring (bicyclic) bond motifs is 1. The number of ether oxygens (including phenoxy) is 1. The second-order valence-corrected chi connectivity index (χ2v) is 4.97. The van der Waals surface area contributed by atoms with Crippen molar-refractivity contribution in [2.45, 2.75) is 12.2 Å². The number of aromatic nitrogens is 1. The van der Waals surface area contributed by atoms with Crippen LogP contribution in [-0.4, -0.2) is 17.2 Å². The minimum Gasteiger partial charge on any atom is -0.385 e. The van der Waals surface area contributed by atoms with Crippen LogP contribution in [0.4, 0.5) is 0 Å². The van der Waals surface area contributed by atoms with Crippen molar-refractivity contribution in [3.05, 3.63) is 78.0 Å². The number of aliphatic hydroxyl groups is 1. The summed E-state index contributed by atoms with van der Waals surface area (Å²) < 4.78 is 5.49. The molecule has 0 aliphatic carbocycles. The third kappa shape index (κ3) is 2.79. The maximum absolute atomic E-state index is 10.6. The van der Waals surface area contributed by atoms with E-state index in [0.717, 1.165) is 22.0 Å². The lowest BCUT2D eigenvalue weighted by molar-refractivity contribution is -0.0150. The van der Waals surface area contributed by atoms with Crippen LogP contribution in [-0.2, 0) is 4.74 Å². The summed E-state index contributed by atoms with van der Waals surface area (Å²) in [6, 6.07) is 19.5. The van der Waals surface area contributed by atoms with Crippen LogP contribution < -0.4 is 0 Å². The van der Waals surface area contributed by atoms with E-state index in [1.54, 1.807) is 13.3 Å². The topological polar surface area (TPSA) is 42.4 Å². The van der Waals surface area contributed by atoms with E-state index in [1.807, 2.05) is 60.7 Å². The molecule has 0 fully saturated rings. The first-order chi connectivity index (χ1) is 10.3. The zero-order valence-electron chi connectivity index (χ0n) is 11.8. The van der Waals surface area contributed by atoms with Crippen LogP contribution >= 0.6 is 0 Å². The number of hydrogen-bond acceptors (Lipinski definition) is 3. The SMILES string of the molecule is COC(c1ccccc1)C(O)c1cnc2ccccc2c1. The lowest BCUT2D eigenvalue weighted by Crippen LogP contribution is -2.13. The van der Waals surface area contributed by atoms with E-state index in [9.17, 15) is 5.11 Å². The fraction of sp³-hybridized carbons (Fsp3) is 0.167. The Balaban J connectivity index is 1.96. The van der Waals surface area contributed by atoms with Crippen molar-refractivity contribution in [1.29, 1.82) is 0 Å². The van der Waals surface area contributed by atoms with Crippen molar-refractivity contribution >= 4 is 10.9 Å². The molecule has 1 N–H and O–H groups in total. The molecule has 0 spiro atoms. The molecule has 3 rings (SSSR count). The summed E-state index contributed by atoms with van der Waals surface area (Å²) in [6.45, 7) is 0. The van der Waals surface area contributed by atoms with Gasteiger partial charge < -0.3 is 9.84 Å². The summed E-state index contributed by atoms with van der Waals surface area (Å²) in [4.78, 5) is 4.40. The number of methoxy groups -OCH3 is 1. The van der Waals surface area contributed by atoms with Gasteiger partial charge in [0.15, 0.2) is 0 Å². The molecule has 3 nitrogen and oxygen atoms in total. The molecular weight excluding hydrogens is 262 g/mol. The molecule has 0 radical (unpaired) electrons. The number of aliphatic hydroxyl groups excluding tert-OH is 1. The molecule has 2 atom stereocenters. The number of benzene rings is 2. The zero-order chi connectivity index (χ0) is 14.7. The second kappa shape index (κ2) is 6.04. The first-order valence-electron chi connectivity index (χ1n) is 6.90. The van der Waals surface area contributed by atoms with E-state index in [-0.39, 0.29) is 0 Å². The monoisotopic (exact) mass is 279 g/mol. The average molecular weight is 279 g/mol. The Hall–Kier alpha value is -2.23. The minimum atomic E-state index is -0.755. The third-order valence-corrected chi connectivity index (χ3v) is 3.62. The predicted octanol–water partition coefficient (Wildman–Crippen LogP) is 3.66. The quantitative estimate of drug-likeness (QED) is 0.792. The molecule has 1 heterocycles. The molecule has 106 valence electrons. The van der Waals surface area contributed by atoms with E-state index in [4.69, 9.17) is 4.74 Å². The molecule has 0 bridgehead atoms. The smallest absolute Gasteiger partial charge is 0.112 e. The van der Waals surface area contributed by atoms with Crippen molar-refractivity contribution in [1.82, 2.24) is 4.98 Å². The van der Waals surface area contributed by atoms with Crippen LogP contribution in [0.15, 0.2) is 66.9 Å². The Labute approximate surface area is 123 Å². The van der Waals surface area contributed by atoms with Gasteiger partial charge in [0.05, 0.1) is 5.52 Å². The lowest BCUT2D eigenvalue weighted by atomic mass is 9.98. The zero-order valence-corrected chi connectivity index (χ0v) is 11.8. The van der Waals surface area contributed by atoms with Crippen molar-refractivity contribution in [2.75, 3.05) is 7.11 Å². The van der Waals surface area contributed by atoms with Crippen LogP contribution in [0, 0.1) is 0 Å². The summed E-state index contributed by atoms with van der Waals surface area (Å²) in [5.74, 6) is 0. The summed E-state index contributed by atoms with van der Waals surface area (Å²) in [6.07, 6.45) is 0.547. The first kappa shape index (κ1) is 13.7. The molecule has 3 heteroatoms. The molecule has 3 aromatic rings. The van der Waals surface area contributed by atoms with Gasteiger partial charge in [-0.2, -0.15) is 0 Å². The highest BCUT2D eigenvalue weighted by atomic mass is 16.5. The van der Waals surface area contributed by atoms with Gasteiger partial charge >= 0.3 is 0 Å². The van der Waals surface area contributed by atoms with Crippen LogP contribution in [0.5, 0.6) is 0 Å². The fourth-order valence-corrected chi connectivity index (χ4v) is 2.51. The van der Waals surface area contributed by atoms with Crippen molar-refractivity contribution in [3.8, 4) is 0 Å². The van der Waals surface area contributed by atoms with Crippen molar-refractivity contribution in [3.63, 3.8) is 0 Å². The molecule has 1 aromatic heterocycles. The molecular formula is C18H17NO2. The highest BCUT2D eigenvalue weighted by Crippen LogP contribution is 2.32. The number of nitrogens with zero attached hydrogens (tertiary/aromatic N) is 1. The fourth-order valence-electron chi connectivity index (χ4n) is 2.51. The Morgan fingerprint density at radius 2 is 1.67 bits per heavy atom. The summed E-state index contributed by atoms with van der Waals surface area (Å²) in [5, 5.41) is 11.6. The van der Waals surface area contributed by atoms with Crippen LogP contribution in [0.3, 0.4) is 0 Å². The molecule has 0 amide bonds. The van der Waals surface area contributed by atoms with Gasteiger partial charge in [-0.25, -0.2) is 0 Å². The Morgan fingerprint density at radius 3 is 2.43 bits per heavy atom. The van der Waals surface area contributed by atoms with E-state index in [1.165, 1.54) is 0 Å². The van der Waals surface area contributed by atoms with Gasteiger partial charge in [-0.3, -0.25) is 4.98 Å². The average Bonchev–Trinajstić information content (AvgIpc) is 2.56. The highest BCUT2D eigenvalue weighted by Gasteiger charge is 2.22. The molecule has 0 saturated carbocycles. The maximum atomic E-state index is 10.6. The number of rotatable bonds is 4. The molecule has 0 saturated heterocycles. The second-order valence-electron chi connectivity index (χ2n) is 4.97. The Bertz CT molecular complexity index is 727. The molecule has 2 aromatic carbocycles. The standard InChI is InChI=1S/C18H17NO2/c1-21-18(13-7-3-2-4-8-13)17(20)15-11-14-9-5-6-10-16(14)19-12-15/h2-12,17-18,20H,1H3. The number of hydrogen-bond donors (Lipinski definition) is 1. The van der Waals surface area contributed by atoms with Gasteiger partial charge in [0.2, 0.25) is 0 Å². The largest absolute Gasteiger partial charge is 0.385 e. The van der Waals surface area contributed by atoms with Gasteiger partial charge in [-0.1, -0.05) is 48.5 Å². The van der Waals surface area contributed by atoms with Crippen LogP contribution in [0.1, 0.15) is 23.3 Å². The third-order valence-electron chi connectivity index (χ3n) is 3.62. The summed E-state index contributed by atoms with van der Waals surface area (Å²) in [5.41, 5.74) is 2.62. The van der Waals surface area contributed by atoms with Crippen molar-refractivity contribution < 1.29 is 9.84 Å². The molecule has 0 aliphatic rings. The van der Waals surface area contributed by atoms with E-state index >= 15 is 0 Å². The van der Waals surface area contributed by atoms with Crippen LogP contribution in [0.25, 0.3) is 10.9 Å². The Kier molecular flexibility index (Phi) is 3.95.